The maximum atomic E-state index is 12.1. The van der Waals surface area contributed by atoms with Gasteiger partial charge in [0.2, 0.25) is 0 Å². The standard InChI is InChI=1S/C9H21N5O2S/c1-13(2)17(15,16)14-6-4-3-5-8(14)7-12-9(10)11/h8H,3-7H2,1-2H3,(H4,10,11,12). The highest BCUT2D eigenvalue weighted by molar-refractivity contribution is 7.86. The first kappa shape index (κ1) is 14.2. The minimum atomic E-state index is -3.38. The Morgan fingerprint density at radius 3 is 2.59 bits per heavy atom. The van der Waals surface area contributed by atoms with E-state index < -0.39 is 10.2 Å². The Morgan fingerprint density at radius 2 is 2.06 bits per heavy atom. The van der Waals surface area contributed by atoms with Crippen molar-refractivity contribution in [2.75, 3.05) is 27.2 Å². The predicted octanol–water partition coefficient (Wildman–Crippen LogP) is -1.08. The summed E-state index contributed by atoms with van der Waals surface area (Å²) in [7, 11) is -0.323. The summed E-state index contributed by atoms with van der Waals surface area (Å²) < 4.78 is 26.9. The molecule has 0 aromatic carbocycles. The van der Waals surface area contributed by atoms with E-state index in [4.69, 9.17) is 11.5 Å². The van der Waals surface area contributed by atoms with Crippen molar-refractivity contribution in [2.24, 2.45) is 16.5 Å². The van der Waals surface area contributed by atoms with Crippen molar-refractivity contribution in [2.45, 2.75) is 25.3 Å². The fourth-order valence-corrected chi connectivity index (χ4v) is 3.21. The lowest BCUT2D eigenvalue weighted by atomic mass is 10.1. The monoisotopic (exact) mass is 263 g/mol. The number of rotatable bonds is 4. The Labute approximate surface area is 103 Å². The van der Waals surface area contributed by atoms with Crippen LogP contribution in [-0.4, -0.2) is 56.2 Å². The van der Waals surface area contributed by atoms with Crippen molar-refractivity contribution < 1.29 is 8.42 Å². The van der Waals surface area contributed by atoms with Gasteiger partial charge in [-0.05, 0) is 12.8 Å². The molecule has 1 saturated heterocycles. The molecule has 8 heteroatoms. The third-order valence-corrected chi connectivity index (χ3v) is 4.81. The second kappa shape index (κ2) is 5.65. The molecule has 0 aromatic heterocycles. The minimum Gasteiger partial charge on any atom is -0.370 e. The summed E-state index contributed by atoms with van der Waals surface area (Å²) in [6.45, 7) is 0.862. The number of piperidine rings is 1. The van der Waals surface area contributed by atoms with Crippen molar-refractivity contribution in [3.05, 3.63) is 0 Å². The summed E-state index contributed by atoms with van der Waals surface area (Å²) in [6, 6.07) is -0.141. The Morgan fingerprint density at radius 1 is 1.41 bits per heavy atom. The summed E-state index contributed by atoms with van der Waals surface area (Å²) in [5.74, 6) is -0.00206. The lowest BCUT2D eigenvalue weighted by molar-refractivity contribution is 0.245. The van der Waals surface area contributed by atoms with Crippen LogP contribution in [0.15, 0.2) is 4.99 Å². The van der Waals surface area contributed by atoms with Gasteiger partial charge in [0, 0.05) is 26.7 Å². The van der Waals surface area contributed by atoms with Crippen LogP contribution in [0.5, 0.6) is 0 Å². The van der Waals surface area contributed by atoms with Gasteiger partial charge in [-0.3, -0.25) is 4.99 Å². The molecule has 100 valence electrons. The zero-order valence-electron chi connectivity index (χ0n) is 10.3. The predicted molar refractivity (Wildman–Crippen MR) is 67.6 cm³/mol. The summed E-state index contributed by atoms with van der Waals surface area (Å²) >= 11 is 0. The summed E-state index contributed by atoms with van der Waals surface area (Å²) in [5.41, 5.74) is 10.5. The van der Waals surface area contributed by atoms with Crippen molar-refractivity contribution in [1.29, 1.82) is 0 Å². The zero-order valence-corrected chi connectivity index (χ0v) is 11.2. The van der Waals surface area contributed by atoms with E-state index >= 15 is 0 Å². The second-order valence-corrected chi connectivity index (χ2v) is 6.41. The van der Waals surface area contributed by atoms with E-state index in [0.29, 0.717) is 13.1 Å². The molecule has 0 bridgehead atoms. The first-order valence-electron chi connectivity index (χ1n) is 5.60. The van der Waals surface area contributed by atoms with Gasteiger partial charge in [-0.1, -0.05) is 6.42 Å². The summed E-state index contributed by atoms with van der Waals surface area (Å²) in [4.78, 5) is 3.92. The van der Waals surface area contributed by atoms with E-state index in [9.17, 15) is 8.42 Å². The Balaban J connectivity index is 2.83. The largest absolute Gasteiger partial charge is 0.370 e. The number of nitrogens with two attached hydrogens (primary N) is 2. The number of aliphatic imine (C=N–C) groups is 1. The van der Waals surface area contributed by atoms with E-state index in [1.165, 1.54) is 22.7 Å². The Kier molecular flexibility index (Phi) is 4.72. The van der Waals surface area contributed by atoms with Gasteiger partial charge in [0.25, 0.3) is 10.2 Å². The summed E-state index contributed by atoms with van der Waals surface area (Å²) in [6.07, 6.45) is 2.68. The summed E-state index contributed by atoms with van der Waals surface area (Å²) in [5, 5.41) is 0. The van der Waals surface area contributed by atoms with Crippen LogP contribution in [0, 0.1) is 0 Å². The van der Waals surface area contributed by atoms with Gasteiger partial charge in [0.1, 0.15) is 0 Å². The van der Waals surface area contributed by atoms with Crippen LogP contribution in [0.25, 0.3) is 0 Å². The Bertz CT molecular complexity index is 375. The van der Waals surface area contributed by atoms with E-state index in [0.717, 1.165) is 19.3 Å². The smallest absolute Gasteiger partial charge is 0.281 e. The normalized spacial score (nSPS) is 22.6. The van der Waals surface area contributed by atoms with Gasteiger partial charge in [-0.15, -0.1) is 0 Å². The molecule has 1 atom stereocenters. The van der Waals surface area contributed by atoms with Crippen LogP contribution >= 0.6 is 0 Å². The highest BCUT2D eigenvalue weighted by atomic mass is 32.2. The average molecular weight is 263 g/mol. The molecule has 0 spiro atoms. The fourth-order valence-electron chi connectivity index (χ4n) is 1.88. The maximum absolute atomic E-state index is 12.1. The van der Waals surface area contributed by atoms with Crippen molar-refractivity contribution in [3.63, 3.8) is 0 Å². The first-order chi connectivity index (χ1) is 7.85. The molecule has 0 aromatic rings. The minimum absolute atomic E-state index is 0.00206. The molecule has 1 fully saturated rings. The molecular formula is C9H21N5O2S. The molecule has 0 amide bonds. The topological polar surface area (TPSA) is 105 Å². The number of hydrogen-bond acceptors (Lipinski definition) is 3. The van der Waals surface area contributed by atoms with Gasteiger partial charge in [-0.2, -0.15) is 17.0 Å². The number of hydrogen-bond donors (Lipinski definition) is 2. The highest BCUT2D eigenvalue weighted by Gasteiger charge is 2.33. The van der Waals surface area contributed by atoms with Crippen molar-refractivity contribution in [1.82, 2.24) is 8.61 Å². The highest BCUT2D eigenvalue weighted by Crippen LogP contribution is 2.21. The van der Waals surface area contributed by atoms with E-state index in [-0.39, 0.29) is 12.0 Å². The molecule has 7 nitrogen and oxygen atoms in total. The number of nitrogens with zero attached hydrogens (tertiary/aromatic N) is 3. The van der Waals surface area contributed by atoms with Gasteiger partial charge in [0.05, 0.1) is 6.54 Å². The van der Waals surface area contributed by atoms with Gasteiger partial charge < -0.3 is 11.5 Å². The van der Waals surface area contributed by atoms with Gasteiger partial charge in [0.15, 0.2) is 5.96 Å². The van der Waals surface area contributed by atoms with Crippen molar-refractivity contribution >= 4 is 16.2 Å². The Hall–Kier alpha value is -0.860. The quantitative estimate of drug-likeness (QED) is 0.497. The number of guanidine groups is 1. The lowest BCUT2D eigenvalue weighted by Crippen LogP contribution is -2.50. The molecule has 1 rings (SSSR count). The van der Waals surface area contributed by atoms with Crippen molar-refractivity contribution in [3.8, 4) is 0 Å². The third kappa shape index (κ3) is 3.55. The molecule has 0 saturated carbocycles. The van der Waals surface area contributed by atoms with E-state index in [2.05, 4.69) is 4.99 Å². The zero-order chi connectivity index (χ0) is 13.1. The fraction of sp³-hybridized carbons (Fsp3) is 0.889. The molecule has 4 N–H and O–H groups in total. The molecule has 1 aliphatic rings. The van der Waals surface area contributed by atoms with E-state index in [1.807, 2.05) is 0 Å². The molecule has 17 heavy (non-hydrogen) atoms. The van der Waals surface area contributed by atoms with Crippen LogP contribution < -0.4 is 11.5 Å². The molecule has 1 heterocycles. The second-order valence-electron chi connectivity index (χ2n) is 4.32. The first-order valence-corrected chi connectivity index (χ1v) is 7.00. The van der Waals surface area contributed by atoms with Crippen LogP contribution in [0.4, 0.5) is 0 Å². The average Bonchev–Trinajstić information content (AvgIpc) is 2.26. The molecule has 0 radical (unpaired) electrons. The maximum Gasteiger partial charge on any atom is 0.281 e. The molecule has 0 aliphatic carbocycles. The van der Waals surface area contributed by atoms with E-state index in [1.54, 1.807) is 0 Å². The molecular weight excluding hydrogens is 242 g/mol. The van der Waals surface area contributed by atoms with Crippen LogP contribution in [0.1, 0.15) is 19.3 Å². The third-order valence-electron chi connectivity index (χ3n) is 2.82. The lowest BCUT2D eigenvalue weighted by Gasteiger charge is -2.35. The SMILES string of the molecule is CN(C)S(=O)(=O)N1CCCCC1CN=C(N)N. The van der Waals surface area contributed by atoms with Crippen LogP contribution in [0.3, 0.4) is 0 Å². The van der Waals surface area contributed by atoms with Gasteiger partial charge in [-0.25, -0.2) is 0 Å². The molecule has 1 unspecified atom stereocenters. The van der Waals surface area contributed by atoms with Gasteiger partial charge >= 0.3 is 0 Å². The van der Waals surface area contributed by atoms with Crippen LogP contribution in [-0.2, 0) is 10.2 Å². The molecule has 1 aliphatic heterocycles. The van der Waals surface area contributed by atoms with Crippen LogP contribution in [0.2, 0.25) is 0 Å².